The van der Waals surface area contributed by atoms with Crippen LogP contribution in [0.3, 0.4) is 0 Å². The van der Waals surface area contributed by atoms with E-state index < -0.39 is 5.97 Å². The lowest BCUT2D eigenvalue weighted by Gasteiger charge is -2.10. The van der Waals surface area contributed by atoms with E-state index in [9.17, 15) is 14.4 Å². The summed E-state index contributed by atoms with van der Waals surface area (Å²) in [7, 11) is 0. The van der Waals surface area contributed by atoms with E-state index in [1.54, 1.807) is 18.4 Å². The van der Waals surface area contributed by atoms with Gasteiger partial charge >= 0.3 is 11.7 Å². The molecule has 0 amide bonds. The van der Waals surface area contributed by atoms with Gasteiger partial charge in [0.15, 0.2) is 0 Å². The maximum absolute atomic E-state index is 11.7. The van der Waals surface area contributed by atoms with Crippen molar-refractivity contribution in [3.8, 4) is 0 Å². The average Bonchev–Trinajstić information content (AvgIpc) is 2.46. The van der Waals surface area contributed by atoms with Crippen LogP contribution in [-0.2, 0) is 16.1 Å². The van der Waals surface area contributed by atoms with E-state index in [2.05, 4.69) is 11.6 Å². The predicted octanol–water partition coefficient (Wildman–Crippen LogP) is 1.44. The number of aromatic amines is 1. The number of carbonyl (C=O) groups excluding carboxylic acids is 1. The second-order valence-electron chi connectivity index (χ2n) is 4.91. The molecule has 0 saturated carbocycles. The van der Waals surface area contributed by atoms with Crippen molar-refractivity contribution in [1.29, 1.82) is 0 Å². The molecule has 0 radical (unpaired) electrons. The fourth-order valence-electron chi connectivity index (χ4n) is 2.00. The molecule has 0 aliphatic rings. The zero-order valence-corrected chi connectivity index (χ0v) is 12.6. The van der Waals surface area contributed by atoms with Gasteiger partial charge in [-0.1, -0.05) is 13.0 Å². The van der Waals surface area contributed by atoms with E-state index in [0.717, 1.165) is 31.8 Å². The second-order valence-corrected chi connectivity index (χ2v) is 4.91. The van der Waals surface area contributed by atoms with E-state index in [1.165, 1.54) is 0 Å². The van der Waals surface area contributed by atoms with Gasteiger partial charge in [-0.05, 0) is 33.1 Å². The highest BCUT2D eigenvalue weighted by Crippen LogP contribution is 2.04. The first kappa shape index (κ1) is 16.9. The molecule has 0 aliphatic carbocycles. The molecule has 1 heterocycles. The molecule has 6 heteroatoms. The highest BCUT2D eigenvalue weighted by molar-refractivity contribution is 5.81. The Morgan fingerprint density at radius 3 is 2.57 bits per heavy atom. The number of aromatic nitrogens is 2. The van der Waals surface area contributed by atoms with E-state index in [-0.39, 0.29) is 11.2 Å². The molecule has 0 atom stereocenters. The molecular weight excluding hydrogens is 272 g/mol. The summed E-state index contributed by atoms with van der Waals surface area (Å²) in [5.41, 5.74) is 0.607. The van der Waals surface area contributed by atoms with Crippen molar-refractivity contribution in [2.45, 2.75) is 46.1 Å². The molecular formula is C15H22N2O4. The van der Waals surface area contributed by atoms with Gasteiger partial charge in [0.1, 0.15) is 0 Å². The number of unbranched alkanes of at least 4 members (excludes halogenated alkanes) is 3. The fourth-order valence-corrected chi connectivity index (χ4v) is 2.00. The number of ether oxygens (including phenoxy) is 1. The number of carbonyl (C=O) groups is 1. The van der Waals surface area contributed by atoms with Crippen LogP contribution in [-0.4, -0.2) is 22.1 Å². The molecule has 116 valence electrons. The SMILES string of the molecule is C=CC(=O)OCCCCCCn1c(C)c(C)c(=O)[nH]c1=O. The van der Waals surface area contributed by atoms with Crippen LogP contribution < -0.4 is 11.2 Å². The van der Waals surface area contributed by atoms with Crippen molar-refractivity contribution in [2.75, 3.05) is 6.61 Å². The molecule has 0 saturated heterocycles. The predicted molar refractivity (Wildman–Crippen MR) is 80.4 cm³/mol. The summed E-state index contributed by atoms with van der Waals surface area (Å²) < 4.78 is 6.46. The van der Waals surface area contributed by atoms with E-state index in [0.29, 0.717) is 24.4 Å². The first-order valence-corrected chi connectivity index (χ1v) is 7.07. The van der Waals surface area contributed by atoms with Gasteiger partial charge in [0.25, 0.3) is 5.56 Å². The van der Waals surface area contributed by atoms with Gasteiger partial charge < -0.3 is 4.74 Å². The first-order chi connectivity index (χ1) is 9.97. The van der Waals surface area contributed by atoms with Gasteiger partial charge in [-0.15, -0.1) is 0 Å². The third-order valence-corrected chi connectivity index (χ3v) is 3.44. The molecule has 0 aromatic carbocycles. The van der Waals surface area contributed by atoms with Crippen LogP contribution in [0.2, 0.25) is 0 Å². The van der Waals surface area contributed by atoms with Crippen molar-refractivity contribution in [3.63, 3.8) is 0 Å². The van der Waals surface area contributed by atoms with Gasteiger partial charge in [-0.25, -0.2) is 9.59 Å². The number of H-pyrrole nitrogens is 1. The Labute approximate surface area is 123 Å². The number of hydrogen-bond acceptors (Lipinski definition) is 4. The van der Waals surface area contributed by atoms with Crippen molar-refractivity contribution >= 4 is 5.97 Å². The van der Waals surface area contributed by atoms with Gasteiger partial charge in [-0.2, -0.15) is 0 Å². The maximum atomic E-state index is 11.7. The summed E-state index contributed by atoms with van der Waals surface area (Å²) in [4.78, 5) is 36.3. The molecule has 21 heavy (non-hydrogen) atoms. The number of esters is 1. The lowest BCUT2D eigenvalue weighted by Crippen LogP contribution is -2.33. The standard InChI is InChI=1S/C15H22N2O4/c1-4-13(18)21-10-8-6-5-7-9-17-12(3)11(2)14(19)16-15(17)20/h4H,1,5-10H2,2-3H3,(H,16,19,20). The number of nitrogens with zero attached hydrogens (tertiary/aromatic N) is 1. The minimum absolute atomic E-state index is 0.321. The monoisotopic (exact) mass is 294 g/mol. The third kappa shape index (κ3) is 5.06. The van der Waals surface area contributed by atoms with Crippen molar-refractivity contribution in [3.05, 3.63) is 44.8 Å². The molecule has 1 aromatic rings. The molecule has 0 bridgehead atoms. The van der Waals surface area contributed by atoms with Crippen LogP contribution in [0.25, 0.3) is 0 Å². The van der Waals surface area contributed by atoms with Crippen LogP contribution in [0, 0.1) is 13.8 Å². The fraction of sp³-hybridized carbons (Fsp3) is 0.533. The normalized spacial score (nSPS) is 10.4. The highest BCUT2D eigenvalue weighted by Gasteiger charge is 2.06. The molecule has 1 rings (SSSR count). The van der Waals surface area contributed by atoms with Crippen LogP contribution in [0.5, 0.6) is 0 Å². The molecule has 6 nitrogen and oxygen atoms in total. The minimum atomic E-state index is -0.402. The van der Waals surface area contributed by atoms with Gasteiger partial charge in [0, 0.05) is 23.9 Å². The zero-order chi connectivity index (χ0) is 15.8. The Kier molecular flexibility index (Phi) is 6.65. The Bertz CT molecular complexity index is 613. The molecule has 0 fully saturated rings. The summed E-state index contributed by atoms with van der Waals surface area (Å²) in [6.45, 7) is 7.77. The van der Waals surface area contributed by atoms with Crippen molar-refractivity contribution in [2.24, 2.45) is 0 Å². The van der Waals surface area contributed by atoms with Crippen molar-refractivity contribution in [1.82, 2.24) is 9.55 Å². The van der Waals surface area contributed by atoms with Crippen LogP contribution in [0.15, 0.2) is 22.2 Å². The van der Waals surface area contributed by atoms with Gasteiger partial charge in [-0.3, -0.25) is 14.3 Å². The highest BCUT2D eigenvalue weighted by atomic mass is 16.5. The lowest BCUT2D eigenvalue weighted by molar-refractivity contribution is -0.137. The van der Waals surface area contributed by atoms with E-state index >= 15 is 0 Å². The summed E-state index contributed by atoms with van der Waals surface area (Å²) in [6.07, 6.45) is 4.61. The lowest BCUT2D eigenvalue weighted by atomic mass is 10.2. The maximum Gasteiger partial charge on any atom is 0.330 e. The van der Waals surface area contributed by atoms with Gasteiger partial charge in [0.2, 0.25) is 0 Å². The number of hydrogen-bond donors (Lipinski definition) is 1. The van der Waals surface area contributed by atoms with Crippen LogP contribution in [0.1, 0.15) is 36.9 Å². The van der Waals surface area contributed by atoms with Crippen LogP contribution in [0.4, 0.5) is 0 Å². The van der Waals surface area contributed by atoms with E-state index in [1.807, 2.05) is 0 Å². The Balaban J connectivity index is 2.36. The zero-order valence-electron chi connectivity index (χ0n) is 12.6. The summed E-state index contributed by atoms with van der Waals surface area (Å²) in [5.74, 6) is -0.402. The Hall–Kier alpha value is -2.11. The van der Waals surface area contributed by atoms with Gasteiger partial charge in [0.05, 0.1) is 6.61 Å². The largest absolute Gasteiger partial charge is 0.463 e. The quantitative estimate of drug-likeness (QED) is 0.447. The van der Waals surface area contributed by atoms with E-state index in [4.69, 9.17) is 4.74 Å². The molecule has 0 unspecified atom stereocenters. The Morgan fingerprint density at radius 2 is 1.90 bits per heavy atom. The Morgan fingerprint density at radius 1 is 1.24 bits per heavy atom. The number of nitrogens with one attached hydrogen (secondary N) is 1. The summed E-state index contributed by atoms with van der Waals surface area (Å²) in [6, 6.07) is 0. The third-order valence-electron chi connectivity index (χ3n) is 3.44. The molecule has 1 N–H and O–H groups in total. The second kappa shape index (κ2) is 8.24. The summed E-state index contributed by atoms with van der Waals surface area (Å²) in [5, 5.41) is 0. The number of rotatable bonds is 8. The topological polar surface area (TPSA) is 81.2 Å². The average molecular weight is 294 g/mol. The summed E-state index contributed by atoms with van der Waals surface area (Å²) >= 11 is 0. The molecule has 0 aliphatic heterocycles. The molecule has 1 aromatic heterocycles. The van der Waals surface area contributed by atoms with Crippen LogP contribution >= 0.6 is 0 Å². The molecule has 0 spiro atoms. The smallest absolute Gasteiger partial charge is 0.330 e. The minimum Gasteiger partial charge on any atom is -0.463 e. The van der Waals surface area contributed by atoms with Crippen molar-refractivity contribution < 1.29 is 9.53 Å². The first-order valence-electron chi connectivity index (χ1n) is 7.07.